The molecule has 88 valence electrons. The standard InChI is InChI=1S/C13H11ClO2S/c1-2-16-13(15)12-7-6-11(17-12)9-4-3-5-10(14)8-9/h3-8H,2H2,1H3. The molecule has 2 rings (SSSR count). The van der Waals surface area contributed by atoms with Crippen LogP contribution in [0, 0.1) is 0 Å². The van der Waals surface area contributed by atoms with E-state index in [2.05, 4.69) is 0 Å². The Morgan fingerprint density at radius 2 is 2.18 bits per heavy atom. The van der Waals surface area contributed by atoms with Crippen molar-refractivity contribution in [2.24, 2.45) is 0 Å². The second kappa shape index (κ2) is 5.34. The lowest BCUT2D eigenvalue weighted by molar-refractivity contribution is 0.0532. The van der Waals surface area contributed by atoms with Crippen LogP contribution in [0.4, 0.5) is 0 Å². The molecule has 0 spiro atoms. The molecule has 0 saturated carbocycles. The van der Waals surface area contributed by atoms with E-state index in [0.29, 0.717) is 16.5 Å². The fourth-order valence-electron chi connectivity index (χ4n) is 1.45. The predicted molar refractivity (Wildman–Crippen MR) is 70.7 cm³/mol. The van der Waals surface area contributed by atoms with Crippen molar-refractivity contribution in [3.05, 3.63) is 46.3 Å². The molecule has 0 aliphatic carbocycles. The monoisotopic (exact) mass is 266 g/mol. The summed E-state index contributed by atoms with van der Waals surface area (Å²) < 4.78 is 4.95. The first kappa shape index (κ1) is 12.1. The first-order valence-electron chi connectivity index (χ1n) is 5.23. The van der Waals surface area contributed by atoms with Crippen molar-refractivity contribution in [2.45, 2.75) is 6.92 Å². The minimum atomic E-state index is -0.272. The number of halogens is 1. The van der Waals surface area contributed by atoms with Crippen molar-refractivity contribution < 1.29 is 9.53 Å². The lowest BCUT2D eigenvalue weighted by Crippen LogP contribution is -2.01. The molecule has 0 N–H and O–H groups in total. The number of esters is 1. The SMILES string of the molecule is CCOC(=O)c1ccc(-c2cccc(Cl)c2)s1. The lowest BCUT2D eigenvalue weighted by Gasteiger charge is -1.98. The third-order valence-electron chi connectivity index (χ3n) is 2.19. The molecule has 2 aromatic rings. The van der Waals surface area contributed by atoms with E-state index in [4.69, 9.17) is 16.3 Å². The summed E-state index contributed by atoms with van der Waals surface area (Å²) in [5.74, 6) is -0.272. The van der Waals surface area contributed by atoms with Gasteiger partial charge >= 0.3 is 5.97 Å². The topological polar surface area (TPSA) is 26.3 Å². The average Bonchev–Trinajstić information content (AvgIpc) is 2.78. The zero-order valence-corrected chi connectivity index (χ0v) is 10.8. The van der Waals surface area contributed by atoms with Gasteiger partial charge in [-0.25, -0.2) is 4.79 Å². The van der Waals surface area contributed by atoms with Gasteiger partial charge in [-0.15, -0.1) is 11.3 Å². The highest BCUT2D eigenvalue weighted by Gasteiger charge is 2.10. The van der Waals surface area contributed by atoms with Gasteiger partial charge in [-0.05, 0) is 36.8 Å². The minimum absolute atomic E-state index is 0.272. The summed E-state index contributed by atoms with van der Waals surface area (Å²) in [6, 6.07) is 11.2. The molecule has 0 saturated heterocycles. The third kappa shape index (κ3) is 2.87. The van der Waals surface area contributed by atoms with Crippen LogP contribution < -0.4 is 0 Å². The Kier molecular flexibility index (Phi) is 3.82. The van der Waals surface area contributed by atoms with E-state index < -0.39 is 0 Å². The van der Waals surface area contributed by atoms with Crippen molar-refractivity contribution >= 4 is 28.9 Å². The molecule has 0 bridgehead atoms. The van der Waals surface area contributed by atoms with Crippen molar-refractivity contribution in [3.63, 3.8) is 0 Å². The first-order valence-corrected chi connectivity index (χ1v) is 6.43. The molecule has 0 aliphatic heterocycles. The van der Waals surface area contributed by atoms with Crippen LogP contribution in [0.15, 0.2) is 36.4 Å². The quantitative estimate of drug-likeness (QED) is 0.777. The van der Waals surface area contributed by atoms with Gasteiger partial charge in [0.15, 0.2) is 0 Å². The van der Waals surface area contributed by atoms with Crippen LogP contribution in [-0.2, 0) is 4.74 Å². The number of ether oxygens (including phenoxy) is 1. The van der Waals surface area contributed by atoms with Gasteiger partial charge < -0.3 is 4.74 Å². The Balaban J connectivity index is 2.27. The fourth-order valence-corrected chi connectivity index (χ4v) is 2.53. The smallest absolute Gasteiger partial charge is 0.348 e. The summed E-state index contributed by atoms with van der Waals surface area (Å²) in [4.78, 5) is 13.1. The van der Waals surface area contributed by atoms with Crippen LogP contribution in [-0.4, -0.2) is 12.6 Å². The van der Waals surface area contributed by atoms with Crippen LogP contribution in [0.3, 0.4) is 0 Å². The van der Waals surface area contributed by atoms with Crippen molar-refractivity contribution in [1.29, 1.82) is 0 Å². The number of hydrogen-bond acceptors (Lipinski definition) is 3. The summed E-state index contributed by atoms with van der Waals surface area (Å²) in [5.41, 5.74) is 1.01. The molecule has 0 amide bonds. The van der Waals surface area contributed by atoms with Crippen LogP contribution in [0.25, 0.3) is 10.4 Å². The maximum atomic E-state index is 11.5. The Hall–Kier alpha value is -1.32. The molecule has 0 radical (unpaired) electrons. The molecule has 1 aromatic carbocycles. The highest BCUT2D eigenvalue weighted by Crippen LogP contribution is 2.29. The first-order chi connectivity index (χ1) is 8.20. The summed E-state index contributed by atoms with van der Waals surface area (Å²) in [5, 5.41) is 0.689. The normalized spacial score (nSPS) is 10.2. The van der Waals surface area contributed by atoms with E-state index in [1.54, 1.807) is 13.0 Å². The lowest BCUT2D eigenvalue weighted by atomic mass is 10.2. The molecular formula is C13H11ClO2S. The maximum Gasteiger partial charge on any atom is 0.348 e. The van der Waals surface area contributed by atoms with Gasteiger partial charge in [0, 0.05) is 9.90 Å². The maximum absolute atomic E-state index is 11.5. The van der Waals surface area contributed by atoms with E-state index in [1.165, 1.54) is 11.3 Å². The average molecular weight is 267 g/mol. The van der Waals surface area contributed by atoms with Crippen LogP contribution in [0.2, 0.25) is 5.02 Å². The summed E-state index contributed by atoms with van der Waals surface area (Å²) in [6.45, 7) is 2.19. The number of benzene rings is 1. The zero-order valence-electron chi connectivity index (χ0n) is 9.27. The van der Waals surface area contributed by atoms with E-state index >= 15 is 0 Å². The molecular weight excluding hydrogens is 256 g/mol. The highest BCUT2D eigenvalue weighted by molar-refractivity contribution is 7.17. The zero-order chi connectivity index (χ0) is 12.3. The predicted octanol–water partition coefficient (Wildman–Crippen LogP) is 4.25. The van der Waals surface area contributed by atoms with Crippen molar-refractivity contribution in [1.82, 2.24) is 0 Å². The molecule has 17 heavy (non-hydrogen) atoms. The molecule has 0 fully saturated rings. The summed E-state index contributed by atoms with van der Waals surface area (Å²) >= 11 is 7.34. The number of carbonyl (C=O) groups excluding carboxylic acids is 1. The Bertz CT molecular complexity index is 534. The molecule has 0 aliphatic rings. The van der Waals surface area contributed by atoms with Gasteiger partial charge in [0.25, 0.3) is 0 Å². The fraction of sp³-hybridized carbons (Fsp3) is 0.154. The highest BCUT2D eigenvalue weighted by atomic mass is 35.5. The van der Waals surface area contributed by atoms with Gasteiger partial charge in [0.2, 0.25) is 0 Å². The van der Waals surface area contributed by atoms with Crippen LogP contribution in [0.1, 0.15) is 16.6 Å². The molecule has 2 nitrogen and oxygen atoms in total. The van der Waals surface area contributed by atoms with Crippen LogP contribution >= 0.6 is 22.9 Å². The third-order valence-corrected chi connectivity index (χ3v) is 3.54. The number of rotatable bonds is 3. The molecule has 4 heteroatoms. The Morgan fingerprint density at radius 1 is 1.35 bits per heavy atom. The van der Waals surface area contributed by atoms with E-state index in [9.17, 15) is 4.79 Å². The number of carbonyl (C=O) groups is 1. The van der Waals surface area contributed by atoms with E-state index in [1.807, 2.05) is 30.3 Å². The van der Waals surface area contributed by atoms with Crippen LogP contribution in [0.5, 0.6) is 0 Å². The Labute approximate surface area is 109 Å². The molecule has 1 aromatic heterocycles. The minimum Gasteiger partial charge on any atom is -0.462 e. The number of hydrogen-bond donors (Lipinski definition) is 0. The summed E-state index contributed by atoms with van der Waals surface area (Å²) in [7, 11) is 0. The van der Waals surface area contributed by atoms with Crippen molar-refractivity contribution in [3.8, 4) is 10.4 Å². The van der Waals surface area contributed by atoms with Crippen molar-refractivity contribution in [2.75, 3.05) is 6.61 Å². The molecule has 0 unspecified atom stereocenters. The Morgan fingerprint density at radius 3 is 2.88 bits per heavy atom. The summed E-state index contributed by atoms with van der Waals surface area (Å²) in [6.07, 6.45) is 0. The van der Waals surface area contributed by atoms with Gasteiger partial charge in [0.05, 0.1) is 6.61 Å². The van der Waals surface area contributed by atoms with Gasteiger partial charge in [-0.3, -0.25) is 0 Å². The molecule has 0 atom stereocenters. The van der Waals surface area contributed by atoms with E-state index in [-0.39, 0.29) is 5.97 Å². The van der Waals surface area contributed by atoms with Gasteiger partial charge in [-0.2, -0.15) is 0 Å². The second-order valence-electron chi connectivity index (χ2n) is 3.39. The molecule has 1 heterocycles. The van der Waals surface area contributed by atoms with Gasteiger partial charge in [-0.1, -0.05) is 23.7 Å². The van der Waals surface area contributed by atoms with Gasteiger partial charge in [0.1, 0.15) is 4.88 Å². The largest absolute Gasteiger partial charge is 0.462 e. The van der Waals surface area contributed by atoms with E-state index in [0.717, 1.165) is 10.4 Å². The number of thiophene rings is 1. The second-order valence-corrected chi connectivity index (χ2v) is 4.91.